The van der Waals surface area contributed by atoms with Crippen molar-refractivity contribution < 1.29 is 14.0 Å². The number of hydrogen-bond acceptors (Lipinski definition) is 3. The van der Waals surface area contributed by atoms with Gasteiger partial charge in [-0.1, -0.05) is 72.3 Å². The van der Waals surface area contributed by atoms with Gasteiger partial charge in [0.2, 0.25) is 5.91 Å². The molecule has 0 aliphatic heterocycles. The molecule has 0 spiro atoms. The lowest BCUT2D eigenvalue weighted by atomic mass is 10.0. The van der Waals surface area contributed by atoms with E-state index < -0.39 is 5.91 Å². The summed E-state index contributed by atoms with van der Waals surface area (Å²) in [7, 11) is 0. The third-order valence-electron chi connectivity index (χ3n) is 5.05. The zero-order chi connectivity index (χ0) is 25.2. The molecule has 35 heavy (non-hydrogen) atoms. The Morgan fingerprint density at radius 2 is 1.37 bits per heavy atom. The molecular weight excluding hydrogens is 441 g/mol. The number of primary amides is 1. The molecule has 0 radical (unpaired) electrons. The largest absolute Gasteiger partial charge is 0.397 e. The van der Waals surface area contributed by atoms with Crippen LogP contribution in [0.1, 0.15) is 27.0 Å². The molecule has 5 nitrogen and oxygen atoms in total. The maximum Gasteiger partial charge on any atom is 0.255 e. The van der Waals surface area contributed by atoms with Gasteiger partial charge < -0.3 is 16.8 Å². The summed E-state index contributed by atoms with van der Waals surface area (Å²) in [5.41, 5.74) is 16.0. The van der Waals surface area contributed by atoms with Gasteiger partial charge in [0.15, 0.2) is 0 Å². The topological polar surface area (TPSA) is 98.2 Å². The van der Waals surface area contributed by atoms with Crippen molar-refractivity contribution in [1.29, 1.82) is 0 Å². The molecule has 4 aromatic carbocycles. The molecule has 0 fully saturated rings. The van der Waals surface area contributed by atoms with Crippen LogP contribution in [0.4, 0.5) is 15.8 Å². The zero-order valence-corrected chi connectivity index (χ0v) is 19.2. The number of halogens is 1. The number of aryl methyl sites for hydroxylation is 1. The fourth-order valence-electron chi connectivity index (χ4n) is 3.15. The van der Waals surface area contributed by atoms with Crippen LogP contribution < -0.4 is 16.8 Å². The summed E-state index contributed by atoms with van der Waals surface area (Å²) < 4.78 is 12.8. The van der Waals surface area contributed by atoms with Gasteiger partial charge in [-0.25, -0.2) is 4.39 Å². The van der Waals surface area contributed by atoms with E-state index in [1.165, 1.54) is 12.1 Å². The predicted octanol–water partition coefficient (Wildman–Crippen LogP) is 5.68. The van der Waals surface area contributed by atoms with E-state index in [1.54, 1.807) is 54.6 Å². The summed E-state index contributed by atoms with van der Waals surface area (Å²) in [4.78, 5) is 23.4. The van der Waals surface area contributed by atoms with Crippen LogP contribution in [0.2, 0.25) is 0 Å². The minimum Gasteiger partial charge on any atom is -0.397 e. The first-order valence-electron chi connectivity index (χ1n) is 10.9. The lowest BCUT2D eigenvalue weighted by Crippen LogP contribution is -2.12. The molecule has 0 aliphatic rings. The number of amides is 2. The summed E-state index contributed by atoms with van der Waals surface area (Å²) in [5, 5.41) is 2.78. The lowest BCUT2D eigenvalue weighted by Gasteiger charge is -2.07. The Bertz CT molecular complexity index is 1320. The van der Waals surface area contributed by atoms with E-state index in [9.17, 15) is 14.0 Å². The Balaban J connectivity index is 0.000000196. The average molecular weight is 468 g/mol. The molecule has 0 bridgehead atoms. The third kappa shape index (κ3) is 7.40. The predicted molar refractivity (Wildman–Crippen MR) is 140 cm³/mol. The van der Waals surface area contributed by atoms with Crippen LogP contribution in [-0.2, 0) is 4.79 Å². The van der Waals surface area contributed by atoms with E-state index in [0.717, 1.165) is 16.7 Å². The van der Waals surface area contributed by atoms with Crippen molar-refractivity contribution >= 4 is 34.8 Å². The zero-order valence-electron chi connectivity index (χ0n) is 19.2. The fraction of sp³-hybridized carbons (Fsp3) is 0.0345. The normalized spacial score (nSPS) is 10.6. The maximum atomic E-state index is 12.8. The second-order valence-corrected chi connectivity index (χ2v) is 7.75. The van der Waals surface area contributed by atoms with Crippen LogP contribution in [0.15, 0.2) is 103 Å². The summed E-state index contributed by atoms with van der Waals surface area (Å²) >= 11 is 0. The number of carbonyl (C=O) groups excluding carboxylic acids is 2. The van der Waals surface area contributed by atoms with E-state index in [0.29, 0.717) is 22.5 Å². The number of anilines is 2. The van der Waals surface area contributed by atoms with Crippen molar-refractivity contribution in [2.75, 3.05) is 11.1 Å². The first kappa shape index (κ1) is 24.9. The lowest BCUT2D eigenvalue weighted by molar-refractivity contribution is -0.112. The molecule has 0 saturated carbocycles. The number of hydrogen-bond donors (Lipinski definition) is 3. The molecule has 5 N–H and O–H groups in total. The van der Waals surface area contributed by atoms with Gasteiger partial charge in [0.25, 0.3) is 5.91 Å². The second kappa shape index (κ2) is 12.0. The van der Waals surface area contributed by atoms with Gasteiger partial charge in [-0.15, -0.1) is 0 Å². The van der Waals surface area contributed by atoms with Gasteiger partial charge in [0.05, 0.1) is 11.4 Å². The number of para-hydroxylation sites is 2. The van der Waals surface area contributed by atoms with Crippen LogP contribution in [0.3, 0.4) is 0 Å². The molecule has 6 heteroatoms. The van der Waals surface area contributed by atoms with Gasteiger partial charge in [-0.2, -0.15) is 0 Å². The van der Waals surface area contributed by atoms with Crippen molar-refractivity contribution in [1.82, 2.24) is 0 Å². The van der Waals surface area contributed by atoms with Crippen LogP contribution in [0.5, 0.6) is 0 Å². The second-order valence-electron chi connectivity index (χ2n) is 7.75. The van der Waals surface area contributed by atoms with Crippen molar-refractivity contribution in [2.45, 2.75) is 6.92 Å². The summed E-state index contributed by atoms with van der Waals surface area (Å²) in [5.74, 6) is -0.971. The molecule has 4 aromatic rings. The van der Waals surface area contributed by atoms with Gasteiger partial charge in [0, 0.05) is 11.1 Å². The molecule has 176 valence electrons. The smallest absolute Gasteiger partial charge is 0.255 e. The van der Waals surface area contributed by atoms with E-state index in [4.69, 9.17) is 11.5 Å². The van der Waals surface area contributed by atoms with Crippen molar-refractivity contribution in [2.24, 2.45) is 5.73 Å². The minimum absolute atomic E-state index is 0.150. The number of rotatable bonds is 5. The summed E-state index contributed by atoms with van der Waals surface area (Å²) in [6, 6.07) is 29.6. The number of benzene rings is 4. The number of nitrogens with two attached hydrogens (primary N) is 2. The molecule has 0 saturated heterocycles. The molecule has 0 atom stereocenters. The van der Waals surface area contributed by atoms with E-state index in [-0.39, 0.29) is 11.7 Å². The van der Waals surface area contributed by atoms with Crippen LogP contribution in [0.25, 0.3) is 11.6 Å². The molecular formula is C29H26FN3O2. The Hall–Kier alpha value is -4.71. The third-order valence-corrected chi connectivity index (χ3v) is 5.05. The fourth-order valence-corrected chi connectivity index (χ4v) is 3.15. The van der Waals surface area contributed by atoms with Crippen LogP contribution >= 0.6 is 0 Å². The van der Waals surface area contributed by atoms with E-state index in [1.807, 2.05) is 49.4 Å². The molecule has 4 rings (SSSR count). The highest BCUT2D eigenvalue weighted by Crippen LogP contribution is 2.19. The van der Waals surface area contributed by atoms with Gasteiger partial charge in [-0.3, -0.25) is 9.59 Å². The quantitative estimate of drug-likeness (QED) is 0.200. The van der Waals surface area contributed by atoms with E-state index >= 15 is 0 Å². The highest BCUT2D eigenvalue weighted by molar-refractivity contribution is 6.23. The Morgan fingerprint density at radius 3 is 1.97 bits per heavy atom. The SMILES string of the molecule is Cc1ccc(C(=O)Nc2ccccc2N)cc1.NC(=O)/C(=C/c1ccc(F)cc1)c1ccccc1. The van der Waals surface area contributed by atoms with Crippen molar-refractivity contribution in [3.8, 4) is 0 Å². The molecule has 0 heterocycles. The number of nitrogens with one attached hydrogen (secondary N) is 1. The van der Waals surface area contributed by atoms with Crippen molar-refractivity contribution in [3.63, 3.8) is 0 Å². The average Bonchev–Trinajstić information content (AvgIpc) is 2.86. The number of nitrogen functional groups attached to an aromatic ring is 1. The highest BCUT2D eigenvalue weighted by Gasteiger charge is 2.08. The van der Waals surface area contributed by atoms with E-state index in [2.05, 4.69) is 5.32 Å². The number of carbonyl (C=O) groups is 2. The first-order valence-corrected chi connectivity index (χ1v) is 10.9. The molecule has 0 aliphatic carbocycles. The monoisotopic (exact) mass is 467 g/mol. The molecule has 0 unspecified atom stereocenters. The minimum atomic E-state index is -0.509. The van der Waals surface area contributed by atoms with Crippen molar-refractivity contribution in [3.05, 3.63) is 131 Å². The maximum absolute atomic E-state index is 12.8. The van der Waals surface area contributed by atoms with Gasteiger partial charge >= 0.3 is 0 Å². The first-order chi connectivity index (χ1) is 16.8. The van der Waals surface area contributed by atoms with Crippen LogP contribution in [0, 0.1) is 12.7 Å². The molecule has 0 aromatic heterocycles. The Labute approximate surface area is 203 Å². The molecule has 2 amide bonds. The van der Waals surface area contributed by atoms with Crippen LogP contribution in [-0.4, -0.2) is 11.8 Å². The summed E-state index contributed by atoms with van der Waals surface area (Å²) in [6.07, 6.45) is 1.65. The summed E-state index contributed by atoms with van der Waals surface area (Å²) in [6.45, 7) is 1.98. The van der Waals surface area contributed by atoms with Gasteiger partial charge in [-0.05, 0) is 60.5 Å². The Kier molecular flexibility index (Phi) is 8.51. The standard InChI is InChI=1S/C15H12FNO.C14H14N2O/c16-13-8-6-11(7-9-13)10-14(15(17)18)12-4-2-1-3-5-12;1-10-6-8-11(9-7-10)14(17)16-13-5-3-2-4-12(13)15/h1-10H,(H2,17,18);2-9H,15H2,1H3,(H,16,17)/b14-10+;. The Morgan fingerprint density at radius 1 is 0.771 bits per heavy atom. The van der Waals surface area contributed by atoms with Gasteiger partial charge in [0.1, 0.15) is 5.82 Å². The highest BCUT2D eigenvalue weighted by atomic mass is 19.1.